The van der Waals surface area contributed by atoms with Crippen LogP contribution in [0.2, 0.25) is 0 Å². The quantitative estimate of drug-likeness (QED) is 0.879. The summed E-state index contributed by atoms with van der Waals surface area (Å²) in [5, 5.41) is 3.09. The van der Waals surface area contributed by atoms with Gasteiger partial charge in [0.05, 0.1) is 11.8 Å². The highest BCUT2D eigenvalue weighted by atomic mass is 16.3. The minimum atomic E-state index is -0.0702. The maximum absolute atomic E-state index is 12.4. The van der Waals surface area contributed by atoms with Crippen LogP contribution in [0.5, 0.6) is 0 Å². The van der Waals surface area contributed by atoms with Gasteiger partial charge < -0.3 is 14.6 Å². The minimum Gasteiger partial charge on any atom is -0.469 e. The highest BCUT2D eigenvalue weighted by Crippen LogP contribution is 2.17. The maximum atomic E-state index is 12.4. The second kappa shape index (κ2) is 8.01. The summed E-state index contributed by atoms with van der Waals surface area (Å²) in [6, 6.07) is 2.01. The summed E-state index contributed by atoms with van der Waals surface area (Å²) in [4.78, 5) is 26.1. The van der Waals surface area contributed by atoms with Crippen LogP contribution in [0.3, 0.4) is 0 Å². The van der Waals surface area contributed by atoms with Crippen molar-refractivity contribution in [2.75, 3.05) is 13.1 Å². The first-order valence-electron chi connectivity index (χ1n) is 8.24. The van der Waals surface area contributed by atoms with Crippen LogP contribution in [-0.2, 0) is 4.79 Å². The molecule has 0 saturated heterocycles. The van der Waals surface area contributed by atoms with Gasteiger partial charge in [-0.15, -0.1) is 0 Å². The van der Waals surface area contributed by atoms with Crippen molar-refractivity contribution in [1.29, 1.82) is 0 Å². The molecule has 0 aromatic carbocycles. The van der Waals surface area contributed by atoms with Crippen LogP contribution in [0, 0.1) is 6.92 Å². The van der Waals surface area contributed by atoms with Crippen molar-refractivity contribution < 1.29 is 14.0 Å². The molecule has 0 atom stereocenters. The first-order chi connectivity index (χ1) is 10.6. The lowest BCUT2D eigenvalue weighted by atomic mass is 9.95. The van der Waals surface area contributed by atoms with E-state index in [-0.39, 0.29) is 11.8 Å². The van der Waals surface area contributed by atoms with E-state index in [1.54, 1.807) is 17.9 Å². The van der Waals surface area contributed by atoms with E-state index in [4.69, 9.17) is 4.42 Å². The topological polar surface area (TPSA) is 62.6 Å². The van der Waals surface area contributed by atoms with Crippen LogP contribution >= 0.6 is 0 Å². The van der Waals surface area contributed by atoms with E-state index < -0.39 is 0 Å². The minimum absolute atomic E-state index is 0.0436. The normalized spacial score (nSPS) is 15.5. The summed E-state index contributed by atoms with van der Waals surface area (Å²) < 4.78 is 5.18. The third kappa shape index (κ3) is 4.36. The lowest BCUT2D eigenvalue weighted by molar-refractivity contribution is -0.122. The fraction of sp³-hybridized carbons (Fsp3) is 0.647. The molecule has 1 aromatic heterocycles. The van der Waals surface area contributed by atoms with Crippen molar-refractivity contribution in [3.05, 3.63) is 23.7 Å². The van der Waals surface area contributed by atoms with Crippen LogP contribution < -0.4 is 5.32 Å². The van der Waals surface area contributed by atoms with E-state index in [2.05, 4.69) is 5.32 Å². The molecule has 1 saturated carbocycles. The van der Waals surface area contributed by atoms with Gasteiger partial charge in [-0.1, -0.05) is 19.3 Å². The zero-order chi connectivity index (χ0) is 15.9. The summed E-state index contributed by atoms with van der Waals surface area (Å²) in [6.45, 7) is 4.72. The van der Waals surface area contributed by atoms with Gasteiger partial charge in [0.1, 0.15) is 5.76 Å². The third-order valence-corrected chi connectivity index (χ3v) is 4.34. The Bertz CT molecular complexity index is 504. The van der Waals surface area contributed by atoms with Crippen molar-refractivity contribution in [3.8, 4) is 0 Å². The SMILES string of the molecule is CCN(CCC(=O)NC1CCCCC1)C(=O)c1ccoc1C. The third-order valence-electron chi connectivity index (χ3n) is 4.34. The number of aryl methyl sites for hydroxylation is 1. The summed E-state index contributed by atoms with van der Waals surface area (Å²) in [6.07, 6.45) is 7.70. The van der Waals surface area contributed by atoms with Crippen LogP contribution in [0.1, 0.15) is 61.6 Å². The Hall–Kier alpha value is -1.78. The monoisotopic (exact) mass is 306 g/mol. The molecule has 1 heterocycles. The highest BCUT2D eigenvalue weighted by Gasteiger charge is 2.20. The number of rotatable bonds is 6. The maximum Gasteiger partial charge on any atom is 0.257 e. The smallest absolute Gasteiger partial charge is 0.257 e. The van der Waals surface area contributed by atoms with Crippen LogP contribution in [0.25, 0.3) is 0 Å². The summed E-state index contributed by atoms with van der Waals surface area (Å²) >= 11 is 0. The van der Waals surface area contributed by atoms with E-state index in [0.29, 0.717) is 36.9 Å². The largest absolute Gasteiger partial charge is 0.469 e. The molecule has 5 heteroatoms. The van der Waals surface area contributed by atoms with Gasteiger partial charge in [-0.3, -0.25) is 9.59 Å². The molecule has 1 aliphatic rings. The number of carbonyl (C=O) groups excluding carboxylic acids is 2. The number of hydrogen-bond acceptors (Lipinski definition) is 3. The Morgan fingerprint density at radius 3 is 2.64 bits per heavy atom. The van der Waals surface area contributed by atoms with Crippen molar-refractivity contribution in [1.82, 2.24) is 10.2 Å². The number of furan rings is 1. The summed E-state index contributed by atoms with van der Waals surface area (Å²) in [5.74, 6) is 0.594. The van der Waals surface area contributed by atoms with Gasteiger partial charge >= 0.3 is 0 Å². The summed E-state index contributed by atoms with van der Waals surface area (Å²) in [5.41, 5.74) is 0.578. The van der Waals surface area contributed by atoms with Gasteiger partial charge in [0.25, 0.3) is 5.91 Å². The van der Waals surface area contributed by atoms with Crippen molar-refractivity contribution in [2.24, 2.45) is 0 Å². The number of amides is 2. The Kier molecular flexibility index (Phi) is 6.04. The average Bonchev–Trinajstić information content (AvgIpc) is 2.94. The molecule has 1 aromatic rings. The molecule has 0 radical (unpaired) electrons. The number of hydrogen-bond donors (Lipinski definition) is 1. The van der Waals surface area contributed by atoms with Crippen LogP contribution in [0.4, 0.5) is 0 Å². The molecule has 122 valence electrons. The van der Waals surface area contributed by atoms with Crippen molar-refractivity contribution in [2.45, 2.75) is 58.4 Å². The second-order valence-electron chi connectivity index (χ2n) is 5.93. The lowest BCUT2D eigenvalue weighted by Crippen LogP contribution is -2.39. The van der Waals surface area contributed by atoms with Crippen LogP contribution in [-0.4, -0.2) is 35.8 Å². The molecule has 0 bridgehead atoms. The van der Waals surface area contributed by atoms with E-state index >= 15 is 0 Å². The van der Waals surface area contributed by atoms with E-state index in [1.165, 1.54) is 25.5 Å². The van der Waals surface area contributed by atoms with Gasteiger partial charge in [-0.2, -0.15) is 0 Å². The molecule has 0 aliphatic heterocycles. The first kappa shape index (κ1) is 16.6. The van der Waals surface area contributed by atoms with Gasteiger partial charge in [0, 0.05) is 25.6 Å². The molecule has 2 rings (SSSR count). The molecule has 0 spiro atoms. The standard InChI is InChI=1S/C17H26N2O3/c1-3-19(17(21)15-10-12-22-13(15)2)11-9-16(20)18-14-7-5-4-6-8-14/h10,12,14H,3-9,11H2,1-2H3,(H,18,20). The van der Waals surface area contributed by atoms with E-state index in [1.807, 2.05) is 6.92 Å². The van der Waals surface area contributed by atoms with Crippen molar-refractivity contribution in [3.63, 3.8) is 0 Å². The highest BCUT2D eigenvalue weighted by molar-refractivity contribution is 5.95. The lowest BCUT2D eigenvalue weighted by Gasteiger charge is -2.24. The first-order valence-corrected chi connectivity index (χ1v) is 8.24. The summed E-state index contributed by atoms with van der Waals surface area (Å²) in [7, 11) is 0. The molecule has 5 nitrogen and oxygen atoms in total. The zero-order valence-corrected chi connectivity index (χ0v) is 13.6. The van der Waals surface area contributed by atoms with Gasteiger partial charge in [-0.05, 0) is 32.8 Å². The Balaban J connectivity index is 1.81. The predicted molar refractivity (Wildman–Crippen MR) is 84.7 cm³/mol. The Labute approximate surface area is 132 Å². The van der Waals surface area contributed by atoms with Gasteiger partial charge in [0.2, 0.25) is 5.91 Å². The average molecular weight is 306 g/mol. The fourth-order valence-corrected chi connectivity index (χ4v) is 2.96. The zero-order valence-electron chi connectivity index (χ0n) is 13.6. The molecule has 1 N–H and O–H groups in total. The molecule has 0 unspecified atom stereocenters. The number of carbonyl (C=O) groups is 2. The van der Waals surface area contributed by atoms with Gasteiger partial charge in [0.15, 0.2) is 0 Å². The predicted octanol–water partition coefficient (Wildman–Crippen LogP) is 2.89. The molecule has 1 aliphatic carbocycles. The molecular formula is C17H26N2O3. The molecule has 1 fully saturated rings. The van der Waals surface area contributed by atoms with Crippen molar-refractivity contribution >= 4 is 11.8 Å². The Morgan fingerprint density at radius 1 is 1.32 bits per heavy atom. The Morgan fingerprint density at radius 2 is 2.05 bits per heavy atom. The second-order valence-corrected chi connectivity index (χ2v) is 5.93. The number of nitrogens with zero attached hydrogens (tertiary/aromatic N) is 1. The molecule has 22 heavy (non-hydrogen) atoms. The molecular weight excluding hydrogens is 280 g/mol. The van der Waals surface area contributed by atoms with Gasteiger partial charge in [-0.25, -0.2) is 0 Å². The molecule has 2 amide bonds. The van der Waals surface area contributed by atoms with Crippen LogP contribution in [0.15, 0.2) is 16.7 Å². The van der Waals surface area contributed by atoms with E-state index in [9.17, 15) is 9.59 Å². The van der Waals surface area contributed by atoms with E-state index in [0.717, 1.165) is 12.8 Å². The number of nitrogens with one attached hydrogen (secondary N) is 1. The fourth-order valence-electron chi connectivity index (χ4n) is 2.96.